The lowest BCUT2D eigenvalue weighted by molar-refractivity contribution is 0.575. The first-order valence-corrected chi connectivity index (χ1v) is 5.13. The molecular formula is C5H11N5O2S. The van der Waals surface area contributed by atoms with Crippen LogP contribution in [0.3, 0.4) is 0 Å². The number of rotatable bonds is 4. The summed E-state index contributed by atoms with van der Waals surface area (Å²) in [6.45, 7) is 3.44. The highest BCUT2D eigenvalue weighted by Crippen LogP contribution is 1.96. The van der Waals surface area contributed by atoms with Gasteiger partial charge in [0.05, 0.1) is 0 Å². The summed E-state index contributed by atoms with van der Waals surface area (Å²) in [5.41, 5.74) is 0. The third kappa shape index (κ3) is 3.38. The topological polar surface area (TPSA) is 99.8 Å². The van der Waals surface area contributed by atoms with E-state index in [9.17, 15) is 8.42 Å². The van der Waals surface area contributed by atoms with Gasteiger partial charge < -0.3 is 0 Å². The van der Waals surface area contributed by atoms with Crippen molar-refractivity contribution in [3.05, 3.63) is 6.33 Å². The molecule has 13 heavy (non-hydrogen) atoms. The first-order valence-electron chi connectivity index (χ1n) is 3.65. The molecule has 0 aromatic carbocycles. The number of aromatic amines is 1. The van der Waals surface area contributed by atoms with Crippen LogP contribution in [0, 0.1) is 0 Å². The lowest BCUT2D eigenvalue weighted by atomic mass is 10.4. The molecule has 1 aromatic rings. The summed E-state index contributed by atoms with van der Waals surface area (Å²) < 4.78 is 26.9. The SMILES string of the molecule is CC(C)NS(=O)(=O)Nc1ncn[nH]1. The van der Waals surface area contributed by atoms with Crippen LogP contribution in [0.5, 0.6) is 0 Å². The molecule has 0 aliphatic rings. The number of hydrogen-bond donors (Lipinski definition) is 3. The first kappa shape index (κ1) is 9.93. The zero-order valence-electron chi connectivity index (χ0n) is 7.27. The van der Waals surface area contributed by atoms with E-state index < -0.39 is 10.2 Å². The van der Waals surface area contributed by atoms with Crippen LogP contribution in [0.15, 0.2) is 6.33 Å². The van der Waals surface area contributed by atoms with Crippen molar-refractivity contribution in [1.29, 1.82) is 0 Å². The molecular weight excluding hydrogens is 194 g/mol. The van der Waals surface area contributed by atoms with Crippen molar-refractivity contribution in [3.63, 3.8) is 0 Å². The maximum absolute atomic E-state index is 11.2. The Morgan fingerprint density at radius 1 is 1.54 bits per heavy atom. The van der Waals surface area contributed by atoms with Crippen molar-refractivity contribution in [1.82, 2.24) is 19.9 Å². The van der Waals surface area contributed by atoms with Gasteiger partial charge in [-0.2, -0.15) is 23.2 Å². The molecule has 0 amide bonds. The summed E-state index contributed by atoms with van der Waals surface area (Å²) >= 11 is 0. The van der Waals surface area contributed by atoms with Gasteiger partial charge in [0.1, 0.15) is 6.33 Å². The summed E-state index contributed by atoms with van der Waals surface area (Å²) in [5.74, 6) is 0.0909. The average molecular weight is 205 g/mol. The number of anilines is 1. The highest BCUT2D eigenvalue weighted by molar-refractivity contribution is 7.90. The van der Waals surface area contributed by atoms with E-state index in [1.54, 1.807) is 13.8 Å². The minimum atomic E-state index is -3.54. The standard InChI is InChI=1S/C5H11N5O2S/c1-4(2)9-13(11,12)10-5-6-3-7-8-5/h3-4,9H,1-2H3,(H2,6,7,8,10). The van der Waals surface area contributed by atoms with Gasteiger partial charge in [-0.15, -0.1) is 0 Å². The number of nitrogens with one attached hydrogen (secondary N) is 3. The van der Waals surface area contributed by atoms with Crippen molar-refractivity contribution >= 4 is 16.2 Å². The fourth-order valence-corrected chi connectivity index (χ4v) is 1.75. The van der Waals surface area contributed by atoms with E-state index in [-0.39, 0.29) is 12.0 Å². The molecule has 1 heterocycles. The third-order valence-corrected chi connectivity index (χ3v) is 2.28. The van der Waals surface area contributed by atoms with Gasteiger partial charge in [0.2, 0.25) is 5.95 Å². The molecule has 8 heteroatoms. The molecule has 3 N–H and O–H groups in total. The molecule has 0 bridgehead atoms. The van der Waals surface area contributed by atoms with Crippen LogP contribution >= 0.6 is 0 Å². The number of aromatic nitrogens is 3. The number of H-pyrrole nitrogens is 1. The van der Waals surface area contributed by atoms with E-state index in [2.05, 4.69) is 24.6 Å². The van der Waals surface area contributed by atoms with Crippen LogP contribution in [-0.2, 0) is 10.2 Å². The minimum absolute atomic E-state index is 0.0909. The van der Waals surface area contributed by atoms with Crippen molar-refractivity contribution in [2.24, 2.45) is 0 Å². The summed E-state index contributed by atoms with van der Waals surface area (Å²) in [5, 5.41) is 5.87. The Balaban J connectivity index is 2.63. The molecule has 0 atom stereocenters. The fourth-order valence-electron chi connectivity index (χ4n) is 0.722. The largest absolute Gasteiger partial charge is 0.301 e. The molecule has 0 saturated carbocycles. The number of hydrogen-bond acceptors (Lipinski definition) is 4. The molecule has 0 aliphatic carbocycles. The van der Waals surface area contributed by atoms with Crippen molar-refractivity contribution in [3.8, 4) is 0 Å². The second-order valence-corrected chi connectivity index (χ2v) is 4.16. The molecule has 74 valence electrons. The van der Waals surface area contributed by atoms with Gasteiger partial charge in [0.25, 0.3) is 0 Å². The van der Waals surface area contributed by atoms with E-state index in [0.717, 1.165) is 0 Å². The van der Waals surface area contributed by atoms with Gasteiger partial charge >= 0.3 is 10.2 Å². The maximum Gasteiger partial charge on any atom is 0.301 e. The van der Waals surface area contributed by atoms with Crippen LogP contribution in [0.4, 0.5) is 5.95 Å². The molecule has 0 aliphatic heterocycles. The second-order valence-electron chi connectivity index (χ2n) is 2.71. The van der Waals surface area contributed by atoms with E-state index in [1.165, 1.54) is 6.33 Å². The summed E-state index contributed by atoms with van der Waals surface area (Å²) in [6.07, 6.45) is 1.22. The predicted octanol–water partition coefficient (Wildman–Crippen LogP) is -0.541. The zero-order valence-corrected chi connectivity index (χ0v) is 8.09. The van der Waals surface area contributed by atoms with E-state index >= 15 is 0 Å². The Morgan fingerprint density at radius 3 is 2.69 bits per heavy atom. The van der Waals surface area contributed by atoms with Gasteiger partial charge in [0, 0.05) is 6.04 Å². The molecule has 0 fully saturated rings. The summed E-state index contributed by atoms with van der Waals surface area (Å²) in [6, 6.07) is -0.166. The Kier molecular flexibility index (Phi) is 2.83. The highest BCUT2D eigenvalue weighted by Gasteiger charge is 2.12. The summed E-state index contributed by atoms with van der Waals surface area (Å²) in [7, 11) is -3.54. The molecule has 0 saturated heterocycles. The predicted molar refractivity (Wildman–Crippen MR) is 47.2 cm³/mol. The number of nitrogens with zero attached hydrogens (tertiary/aromatic N) is 2. The van der Waals surface area contributed by atoms with Gasteiger partial charge in [0.15, 0.2) is 0 Å². The van der Waals surface area contributed by atoms with Crippen LogP contribution in [0.25, 0.3) is 0 Å². The van der Waals surface area contributed by atoms with Crippen molar-refractivity contribution < 1.29 is 8.42 Å². The van der Waals surface area contributed by atoms with Crippen LogP contribution in [0.1, 0.15) is 13.8 Å². The molecule has 0 radical (unpaired) electrons. The van der Waals surface area contributed by atoms with E-state index in [0.29, 0.717) is 0 Å². The maximum atomic E-state index is 11.2. The lowest BCUT2D eigenvalue weighted by Gasteiger charge is -2.08. The molecule has 1 aromatic heterocycles. The van der Waals surface area contributed by atoms with Gasteiger partial charge in [-0.05, 0) is 13.8 Å². The Morgan fingerprint density at radius 2 is 2.23 bits per heavy atom. The Hall–Kier alpha value is -1.15. The van der Waals surface area contributed by atoms with Crippen LogP contribution in [-0.4, -0.2) is 29.6 Å². The normalized spacial score (nSPS) is 11.9. The zero-order chi connectivity index (χ0) is 9.90. The second kappa shape index (κ2) is 3.71. The van der Waals surface area contributed by atoms with Crippen LogP contribution < -0.4 is 9.44 Å². The highest BCUT2D eigenvalue weighted by atomic mass is 32.2. The average Bonchev–Trinajstić information content (AvgIpc) is 2.34. The van der Waals surface area contributed by atoms with Gasteiger partial charge in [-0.1, -0.05) is 0 Å². The molecule has 7 nitrogen and oxygen atoms in total. The Labute approximate surface area is 76.1 Å². The quantitative estimate of drug-likeness (QED) is 0.614. The minimum Gasteiger partial charge on any atom is -0.245 e. The smallest absolute Gasteiger partial charge is 0.245 e. The van der Waals surface area contributed by atoms with Crippen molar-refractivity contribution in [2.45, 2.75) is 19.9 Å². The third-order valence-electron chi connectivity index (χ3n) is 1.04. The Bertz CT molecular complexity index is 343. The molecule has 0 unspecified atom stereocenters. The van der Waals surface area contributed by atoms with Crippen LogP contribution in [0.2, 0.25) is 0 Å². The van der Waals surface area contributed by atoms with Gasteiger partial charge in [-0.3, -0.25) is 0 Å². The monoisotopic (exact) mass is 205 g/mol. The molecule has 0 spiro atoms. The fraction of sp³-hybridized carbons (Fsp3) is 0.600. The summed E-state index contributed by atoms with van der Waals surface area (Å²) in [4.78, 5) is 3.61. The lowest BCUT2D eigenvalue weighted by Crippen LogP contribution is -2.35. The molecule has 1 rings (SSSR count). The van der Waals surface area contributed by atoms with Crippen molar-refractivity contribution in [2.75, 3.05) is 4.72 Å². The van der Waals surface area contributed by atoms with E-state index in [4.69, 9.17) is 0 Å². The first-order chi connectivity index (χ1) is 5.99. The van der Waals surface area contributed by atoms with Gasteiger partial charge in [-0.25, -0.2) is 9.82 Å². The van der Waals surface area contributed by atoms with E-state index in [1.807, 2.05) is 0 Å².